The lowest BCUT2D eigenvalue weighted by atomic mass is 10.1. The van der Waals surface area contributed by atoms with E-state index in [0.29, 0.717) is 9.90 Å². The molecule has 0 spiro atoms. The predicted molar refractivity (Wildman–Crippen MR) is 82.7 cm³/mol. The molecule has 0 aliphatic heterocycles. The number of carbonyl (C=O) groups excluding carboxylic acids is 1. The summed E-state index contributed by atoms with van der Waals surface area (Å²) in [7, 11) is 0. The van der Waals surface area contributed by atoms with Crippen molar-refractivity contribution in [1.29, 1.82) is 0 Å². The summed E-state index contributed by atoms with van der Waals surface area (Å²) in [5, 5.41) is 5.08. The van der Waals surface area contributed by atoms with E-state index in [1.807, 2.05) is 43.5 Å². The van der Waals surface area contributed by atoms with Gasteiger partial charge in [0.2, 0.25) is 0 Å². The molecule has 0 saturated heterocycles. The average molecular weight is 314 g/mol. The Kier molecular flexibility index (Phi) is 4.50. The van der Waals surface area contributed by atoms with Gasteiger partial charge in [-0.3, -0.25) is 4.79 Å². The van der Waals surface area contributed by atoms with Crippen LogP contribution in [0.3, 0.4) is 0 Å². The number of carbonyl (C=O) groups is 1. The summed E-state index contributed by atoms with van der Waals surface area (Å²) in [6.45, 7) is 3.75. The maximum Gasteiger partial charge on any atom is 0.267 e. The molecular formula is C14H13Cl2NOS. The van der Waals surface area contributed by atoms with Crippen LogP contribution in [0, 0.1) is 6.92 Å². The zero-order chi connectivity index (χ0) is 14.0. The third-order valence-electron chi connectivity index (χ3n) is 2.74. The zero-order valence-corrected chi connectivity index (χ0v) is 12.9. The Morgan fingerprint density at radius 3 is 2.63 bits per heavy atom. The molecule has 2 nitrogen and oxygen atoms in total. The van der Waals surface area contributed by atoms with Crippen LogP contribution in [0.5, 0.6) is 0 Å². The van der Waals surface area contributed by atoms with E-state index < -0.39 is 0 Å². The first-order valence-corrected chi connectivity index (χ1v) is 7.48. The molecule has 1 atom stereocenters. The summed E-state index contributed by atoms with van der Waals surface area (Å²) in [6, 6.07) is 7.49. The molecule has 2 aromatic rings. The molecule has 100 valence electrons. The van der Waals surface area contributed by atoms with E-state index in [1.165, 1.54) is 11.3 Å². The first-order chi connectivity index (χ1) is 9.00. The van der Waals surface area contributed by atoms with Crippen LogP contribution in [0.1, 0.15) is 33.1 Å². The van der Waals surface area contributed by atoms with E-state index >= 15 is 0 Å². The molecular weight excluding hydrogens is 301 g/mol. The number of aryl methyl sites for hydroxylation is 1. The molecule has 1 aromatic heterocycles. The number of alkyl halides is 1. The Labute approximate surface area is 126 Å². The highest BCUT2D eigenvalue weighted by Crippen LogP contribution is 2.30. The van der Waals surface area contributed by atoms with Crippen molar-refractivity contribution in [3.05, 3.63) is 50.7 Å². The average Bonchev–Trinajstić information content (AvgIpc) is 2.70. The number of hydrogen-bond donors (Lipinski definition) is 1. The zero-order valence-electron chi connectivity index (χ0n) is 10.5. The maximum atomic E-state index is 12.2. The molecule has 1 aromatic carbocycles. The van der Waals surface area contributed by atoms with Gasteiger partial charge >= 0.3 is 0 Å². The fourth-order valence-corrected chi connectivity index (χ4v) is 3.08. The molecule has 2 rings (SSSR count). The quantitative estimate of drug-likeness (QED) is 0.769. The minimum Gasteiger partial charge on any atom is -0.321 e. The summed E-state index contributed by atoms with van der Waals surface area (Å²) in [4.78, 5) is 12.7. The molecule has 0 bridgehead atoms. The molecule has 19 heavy (non-hydrogen) atoms. The van der Waals surface area contributed by atoms with Crippen molar-refractivity contribution in [2.75, 3.05) is 5.32 Å². The first-order valence-electron chi connectivity index (χ1n) is 5.78. The van der Waals surface area contributed by atoms with E-state index in [1.54, 1.807) is 0 Å². The van der Waals surface area contributed by atoms with Crippen LogP contribution in [0.25, 0.3) is 0 Å². The molecule has 1 N–H and O–H groups in total. The van der Waals surface area contributed by atoms with Crippen molar-refractivity contribution in [2.45, 2.75) is 19.2 Å². The third-order valence-corrected chi connectivity index (χ3v) is 4.67. The van der Waals surface area contributed by atoms with Gasteiger partial charge in [-0.05, 0) is 36.4 Å². The van der Waals surface area contributed by atoms with Crippen LogP contribution in [-0.2, 0) is 0 Å². The van der Waals surface area contributed by atoms with E-state index in [2.05, 4.69) is 5.32 Å². The Balaban J connectivity index is 2.27. The molecule has 0 aliphatic carbocycles. The van der Waals surface area contributed by atoms with Crippen molar-refractivity contribution in [2.24, 2.45) is 0 Å². The van der Waals surface area contributed by atoms with Gasteiger partial charge in [0, 0.05) is 5.69 Å². The third kappa shape index (κ3) is 3.11. The Morgan fingerprint density at radius 2 is 2.05 bits per heavy atom. The Bertz CT molecular complexity index is 607. The highest BCUT2D eigenvalue weighted by Gasteiger charge is 2.16. The van der Waals surface area contributed by atoms with Gasteiger partial charge in [0.25, 0.3) is 5.91 Å². The number of thiophene rings is 1. The van der Waals surface area contributed by atoms with Crippen LogP contribution >= 0.6 is 34.5 Å². The lowest BCUT2D eigenvalue weighted by Gasteiger charge is -2.12. The van der Waals surface area contributed by atoms with Crippen LogP contribution < -0.4 is 5.32 Å². The van der Waals surface area contributed by atoms with Crippen molar-refractivity contribution in [1.82, 2.24) is 0 Å². The fraction of sp³-hybridized carbons (Fsp3) is 0.214. The second-order valence-electron chi connectivity index (χ2n) is 4.22. The summed E-state index contributed by atoms with van der Waals surface area (Å²) in [5.41, 5.74) is 2.52. The van der Waals surface area contributed by atoms with E-state index in [-0.39, 0.29) is 11.3 Å². The number of nitrogens with one attached hydrogen (secondary N) is 1. The fourth-order valence-electron chi connectivity index (χ4n) is 1.72. The van der Waals surface area contributed by atoms with Gasteiger partial charge in [-0.25, -0.2) is 0 Å². The standard InChI is InChI=1S/C14H13Cl2NOS/c1-8-7-19-13(12(8)16)14(18)17-11-6-4-3-5-10(11)9(2)15/h3-7,9H,1-2H3,(H,17,18). The van der Waals surface area contributed by atoms with Crippen molar-refractivity contribution < 1.29 is 4.79 Å². The van der Waals surface area contributed by atoms with Crippen LogP contribution in [0.15, 0.2) is 29.6 Å². The van der Waals surface area contributed by atoms with Crippen LogP contribution in [0.2, 0.25) is 5.02 Å². The number of hydrogen-bond acceptors (Lipinski definition) is 2. The summed E-state index contributed by atoms with van der Waals surface area (Å²) in [5.74, 6) is -0.201. The molecule has 0 fully saturated rings. The number of halogens is 2. The van der Waals surface area contributed by atoms with Gasteiger partial charge in [0.05, 0.1) is 10.4 Å². The number of rotatable bonds is 3. The van der Waals surface area contributed by atoms with Crippen LogP contribution in [-0.4, -0.2) is 5.91 Å². The summed E-state index contributed by atoms with van der Waals surface area (Å²) < 4.78 is 0. The van der Waals surface area contributed by atoms with Gasteiger partial charge < -0.3 is 5.32 Å². The molecule has 5 heteroatoms. The summed E-state index contributed by atoms with van der Waals surface area (Å²) in [6.07, 6.45) is 0. The van der Waals surface area contributed by atoms with E-state index in [4.69, 9.17) is 23.2 Å². The van der Waals surface area contributed by atoms with E-state index in [9.17, 15) is 4.79 Å². The van der Waals surface area contributed by atoms with E-state index in [0.717, 1.165) is 16.8 Å². The lowest BCUT2D eigenvalue weighted by Crippen LogP contribution is -2.12. The smallest absolute Gasteiger partial charge is 0.267 e. The van der Waals surface area contributed by atoms with Crippen molar-refractivity contribution in [3.8, 4) is 0 Å². The minimum atomic E-state index is -0.201. The molecule has 0 saturated carbocycles. The lowest BCUT2D eigenvalue weighted by molar-refractivity contribution is 0.103. The number of benzene rings is 1. The van der Waals surface area contributed by atoms with Gasteiger partial charge in [-0.1, -0.05) is 29.8 Å². The summed E-state index contributed by atoms with van der Waals surface area (Å²) >= 11 is 13.5. The Hall–Kier alpha value is -1.03. The predicted octanol–water partition coefficient (Wildman–Crippen LogP) is 5.26. The molecule has 0 aliphatic rings. The molecule has 1 amide bonds. The van der Waals surface area contributed by atoms with Gasteiger partial charge in [-0.2, -0.15) is 0 Å². The Morgan fingerprint density at radius 1 is 1.37 bits per heavy atom. The number of anilines is 1. The number of para-hydroxylation sites is 1. The minimum absolute atomic E-state index is 0.169. The van der Waals surface area contributed by atoms with Gasteiger partial charge in [0.1, 0.15) is 4.88 Å². The van der Waals surface area contributed by atoms with Gasteiger partial charge in [-0.15, -0.1) is 22.9 Å². The highest BCUT2D eigenvalue weighted by atomic mass is 35.5. The molecule has 1 unspecified atom stereocenters. The monoisotopic (exact) mass is 313 g/mol. The highest BCUT2D eigenvalue weighted by molar-refractivity contribution is 7.13. The second-order valence-corrected chi connectivity index (χ2v) is 6.13. The van der Waals surface area contributed by atoms with Gasteiger partial charge in [0.15, 0.2) is 0 Å². The molecule has 1 heterocycles. The van der Waals surface area contributed by atoms with Crippen LogP contribution in [0.4, 0.5) is 5.69 Å². The van der Waals surface area contributed by atoms with Crippen molar-refractivity contribution in [3.63, 3.8) is 0 Å². The maximum absolute atomic E-state index is 12.2. The largest absolute Gasteiger partial charge is 0.321 e. The molecule has 0 radical (unpaired) electrons. The SMILES string of the molecule is Cc1csc(C(=O)Nc2ccccc2C(C)Cl)c1Cl. The second kappa shape index (κ2) is 5.95. The van der Waals surface area contributed by atoms with Crippen molar-refractivity contribution >= 4 is 46.1 Å². The number of amides is 1. The normalized spacial score (nSPS) is 12.2. The topological polar surface area (TPSA) is 29.1 Å². The first kappa shape index (κ1) is 14.4.